The van der Waals surface area contributed by atoms with E-state index >= 15 is 0 Å². The van der Waals surface area contributed by atoms with Crippen LogP contribution in [-0.4, -0.2) is 42.4 Å². The van der Waals surface area contributed by atoms with Crippen LogP contribution in [0.2, 0.25) is 0 Å². The van der Waals surface area contributed by atoms with Crippen LogP contribution in [-0.2, 0) is 10.2 Å². The van der Waals surface area contributed by atoms with E-state index in [0.29, 0.717) is 18.5 Å². The number of nitrogens with zero attached hydrogens (tertiary/aromatic N) is 1. The lowest BCUT2D eigenvalue weighted by Gasteiger charge is -2.30. The van der Waals surface area contributed by atoms with Gasteiger partial charge in [-0.25, -0.2) is 0 Å². The van der Waals surface area contributed by atoms with Gasteiger partial charge in [0, 0.05) is 37.7 Å². The normalized spacial score (nSPS) is 16.1. The van der Waals surface area contributed by atoms with Gasteiger partial charge in [-0.3, -0.25) is 9.59 Å². The van der Waals surface area contributed by atoms with Crippen LogP contribution < -0.4 is 11.1 Å². The summed E-state index contributed by atoms with van der Waals surface area (Å²) in [6.45, 7) is 8.23. The number of benzene rings is 1. The molecule has 1 aromatic rings. The predicted molar refractivity (Wildman–Crippen MR) is 95.9 cm³/mol. The summed E-state index contributed by atoms with van der Waals surface area (Å²) < 4.78 is 0. The first-order chi connectivity index (χ1) is 11.3. The van der Waals surface area contributed by atoms with Crippen LogP contribution in [0.15, 0.2) is 24.3 Å². The number of rotatable bonds is 4. The molecule has 0 atom stereocenters. The van der Waals surface area contributed by atoms with Gasteiger partial charge in [0.15, 0.2) is 0 Å². The Morgan fingerprint density at radius 3 is 2.29 bits per heavy atom. The van der Waals surface area contributed by atoms with E-state index in [4.69, 9.17) is 5.73 Å². The van der Waals surface area contributed by atoms with Crippen LogP contribution in [0.5, 0.6) is 0 Å². The monoisotopic (exact) mass is 331 g/mol. The number of nitrogens with one attached hydrogen (secondary N) is 1. The SMILES string of the molecule is CC(C)(C)c1ccc(C(=O)NCCC(=O)N2CCC(N)CC2)cc1. The summed E-state index contributed by atoms with van der Waals surface area (Å²) in [6, 6.07) is 7.85. The van der Waals surface area contributed by atoms with Crippen LogP contribution >= 0.6 is 0 Å². The van der Waals surface area contributed by atoms with E-state index in [-0.39, 0.29) is 23.3 Å². The summed E-state index contributed by atoms with van der Waals surface area (Å²) in [5, 5.41) is 2.82. The molecule has 132 valence electrons. The van der Waals surface area contributed by atoms with Gasteiger partial charge in [0.1, 0.15) is 0 Å². The largest absolute Gasteiger partial charge is 0.352 e. The zero-order valence-electron chi connectivity index (χ0n) is 15.0. The van der Waals surface area contributed by atoms with E-state index < -0.39 is 0 Å². The van der Waals surface area contributed by atoms with Gasteiger partial charge < -0.3 is 16.0 Å². The first kappa shape index (κ1) is 18.5. The average Bonchev–Trinajstić information content (AvgIpc) is 2.54. The quantitative estimate of drug-likeness (QED) is 0.887. The van der Waals surface area contributed by atoms with E-state index in [2.05, 4.69) is 26.1 Å². The average molecular weight is 331 g/mol. The molecular formula is C19H29N3O2. The van der Waals surface area contributed by atoms with E-state index in [1.165, 1.54) is 5.56 Å². The molecule has 0 aromatic heterocycles. The Balaban J connectivity index is 1.78. The zero-order valence-corrected chi connectivity index (χ0v) is 15.0. The van der Waals surface area contributed by atoms with Crippen LogP contribution in [0, 0.1) is 0 Å². The minimum Gasteiger partial charge on any atom is -0.352 e. The number of carbonyl (C=O) groups excluding carboxylic acids is 2. The number of likely N-dealkylation sites (tertiary alicyclic amines) is 1. The highest BCUT2D eigenvalue weighted by Crippen LogP contribution is 2.22. The Bertz CT molecular complexity index is 567. The minimum absolute atomic E-state index is 0.0679. The number of piperidine rings is 1. The molecule has 0 spiro atoms. The maximum absolute atomic E-state index is 12.2. The van der Waals surface area contributed by atoms with Crippen molar-refractivity contribution < 1.29 is 9.59 Å². The van der Waals surface area contributed by atoms with Gasteiger partial charge in [-0.2, -0.15) is 0 Å². The summed E-state index contributed by atoms with van der Waals surface area (Å²) in [5.74, 6) is -0.0470. The summed E-state index contributed by atoms with van der Waals surface area (Å²) >= 11 is 0. The van der Waals surface area contributed by atoms with Crippen molar-refractivity contribution in [3.05, 3.63) is 35.4 Å². The molecule has 2 amide bonds. The summed E-state index contributed by atoms with van der Waals surface area (Å²) in [7, 11) is 0. The first-order valence-electron chi connectivity index (χ1n) is 8.69. The van der Waals surface area contributed by atoms with Gasteiger partial charge >= 0.3 is 0 Å². The Labute approximate surface area is 144 Å². The van der Waals surface area contributed by atoms with Gasteiger partial charge in [0.05, 0.1) is 0 Å². The Hall–Kier alpha value is -1.88. The standard InChI is InChI=1S/C19H29N3O2/c1-19(2,3)15-6-4-14(5-7-15)18(24)21-11-8-17(23)22-12-9-16(20)10-13-22/h4-7,16H,8-13,20H2,1-3H3,(H,21,24). The maximum Gasteiger partial charge on any atom is 0.251 e. The molecule has 0 aliphatic carbocycles. The number of hydrogen-bond acceptors (Lipinski definition) is 3. The topological polar surface area (TPSA) is 75.4 Å². The molecule has 1 heterocycles. The van der Waals surface area contributed by atoms with Crippen molar-refractivity contribution in [1.82, 2.24) is 10.2 Å². The van der Waals surface area contributed by atoms with Gasteiger partial charge in [-0.15, -0.1) is 0 Å². The molecule has 0 unspecified atom stereocenters. The number of carbonyl (C=O) groups is 2. The summed E-state index contributed by atoms with van der Waals surface area (Å²) in [5.41, 5.74) is 7.73. The van der Waals surface area contributed by atoms with Crippen LogP contribution in [0.4, 0.5) is 0 Å². The summed E-state index contributed by atoms with van der Waals surface area (Å²) in [6.07, 6.45) is 2.05. The molecule has 24 heavy (non-hydrogen) atoms. The molecule has 1 aromatic carbocycles. The summed E-state index contributed by atoms with van der Waals surface area (Å²) in [4.78, 5) is 26.1. The molecule has 1 fully saturated rings. The zero-order chi connectivity index (χ0) is 17.7. The second-order valence-electron chi connectivity index (χ2n) is 7.55. The second kappa shape index (κ2) is 7.79. The Morgan fingerprint density at radius 1 is 1.17 bits per heavy atom. The molecule has 5 nitrogen and oxygen atoms in total. The molecule has 3 N–H and O–H groups in total. The lowest BCUT2D eigenvalue weighted by molar-refractivity contribution is -0.132. The van der Waals surface area contributed by atoms with Crippen molar-refractivity contribution in [2.45, 2.75) is 51.5 Å². The fraction of sp³-hybridized carbons (Fsp3) is 0.579. The van der Waals surface area contributed by atoms with Crippen molar-refractivity contribution in [2.24, 2.45) is 5.73 Å². The lowest BCUT2D eigenvalue weighted by Crippen LogP contribution is -2.43. The van der Waals surface area contributed by atoms with Crippen LogP contribution in [0.3, 0.4) is 0 Å². The van der Waals surface area contributed by atoms with Gasteiger partial charge in [0.2, 0.25) is 5.91 Å². The Kier molecular flexibility index (Phi) is 5.99. The highest BCUT2D eigenvalue weighted by atomic mass is 16.2. The fourth-order valence-corrected chi connectivity index (χ4v) is 2.81. The van der Waals surface area contributed by atoms with E-state index in [1.807, 2.05) is 29.2 Å². The molecule has 1 aliphatic rings. The number of amides is 2. The third kappa shape index (κ3) is 5.06. The highest BCUT2D eigenvalue weighted by Gasteiger charge is 2.20. The Morgan fingerprint density at radius 2 is 1.75 bits per heavy atom. The van der Waals surface area contributed by atoms with Crippen molar-refractivity contribution in [3.8, 4) is 0 Å². The third-order valence-corrected chi connectivity index (χ3v) is 4.53. The van der Waals surface area contributed by atoms with E-state index in [9.17, 15) is 9.59 Å². The fourth-order valence-electron chi connectivity index (χ4n) is 2.81. The molecule has 0 radical (unpaired) electrons. The van der Waals surface area contributed by atoms with Crippen LogP contribution in [0.25, 0.3) is 0 Å². The molecule has 1 saturated heterocycles. The predicted octanol–water partition coefficient (Wildman–Crippen LogP) is 2.05. The lowest BCUT2D eigenvalue weighted by atomic mass is 9.87. The van der Waals surface area contributed by atoms with E-state index in [0.717, 1.165) is 25.9 Å². The third-order valence-electron chi connectivity index (χ3n) is 4.53. The van der Waals surface area contributed by atoms with Crippen molar-refractivity contribution >= 4 is 11.8 Å². The molecule has 0 bridgehead atoms. The van der Waals surface area contributed by atoms with Crippen LogP contribution in [0.1, 0.15) is 56.0 Å². The molecular weight excluding hydrogens is 302 g/mol. The molecule has 2 rings (SSSR count). The van der Waals surface area contributed by atoms with Gasteiger partial charge in [-0.1, -0.05) is 32.9 Å². The maximum atomic E-state index is 12.2. The molecule has 1 aliphatic heterocycles. The molecule has 5 heteroatoms. The van der Waals surface area contributed by atoms with Gasteiger partial charge in [0.25, 0.3) is 5.91 Å². The second-order valence-corrected chi connectivity index (χ2v) is 7.55. The molecule has 0 saturated carbocycles. The smallest absolute Gasteiger partial charge is 0.251 e. The van der Waals surface area contributed by atoms with Crippen molar-refractivity contribution in [3.63, 3.8) is 0 Å². The van der Waals surface area contributed by atoms with Crippen molar-refractivity contribution in [1.29, 1.82) is 0 Å². The highest BCUT2D eigenvalue weighted by molar-refractivity contribution is 5.94. The number of nitrogens with two attached hydrogens (primary N) is 1. The first-order valence-corrected chi connectivity index (χ1v) is 8.69. The minimum atomic E-state index is -0.135. The number of hydrogen-bond donors (Lipinski definition) is 2. The van der Waals surface area contributed by atoms with E-state index in [1.54, 1.807) is 0 Å². The van der Waals surface area contributed by atoms with Crippen molar-refractivity contribution in [2.75, 3.05) is 19.6 Å². The van der Waals surface area contributed by atoms with Gasteiger partial charge in [-0.05, 0) is 36.0 Å².